The molecule has 3 N–H and O–H groups in total. The van der Waals surface area contributed by atoms with Crippen LogP contribution in [-0.4, -0.2) is 83.0 Å². The first-order valence-corrected chi connectivity index (χ1v) is 16.9. The van der Waals surface area contributed by atoms with Gasteiger partial charge in [0, 0.05) is 37.4 Å². The molecule has 49 heavy (non-hydrogen) atoms. The van der Waals surface area contributed by atoms with Crippen LogP contribution in [0, 0.1) is 5.92 Å². The maximum absolute atomic E-state index is 13.0. The van der Waals surface area contributed by atoms with Gasteiger partial charge in [-0.25, -0.2) is 0 Å². The van der Waals surface area contributed by atoms with E-state index in [2.05, 4.69) is 45.4 Å². The zero-order valence-corrected chi connectivity index (χ0v) is 30.1. The second-order valence-corrected chi connectivity index (χ2v) is 12.8. The van der Waals surface area contributed by atoms with Crippen molar-refractivity contribution in [3.8, 4) is 28.3 Å². The van der Waals surface area contributed by atoms with Crippen LogP contribution in [0.25, 0.3) is 22.5 Å². The van der Waals surface area contributed by atoms with Gasteiger partial charge in [-0.05, 0) is 74.0 Å². The van der Waals surface area contributed by atoms with Crippen LogP contribution in [0.2, 0.25) is 0 Å². The summed E-state index contributed by atoms with van der Waals surface area (Å²) in [7, 11) is -1.63. The van der Waals surface area contributed by atoms with Crippen LogP contribution in [0.3, 0.4) is 0 Å². The third kappa shape index (κ3) is 12.1. The lowest BCUT2D eigenvalue weighted by Gasteiger charge is -2.36. The second-order valence-electron chi connectivity index (χ2n) is 12.8. The van der Waals surface area contributed by atoms with Gasteiger partial charge >= 0.3 is 7.12 Å². The Kier molecular flexibility index (Phi) is 16.5. The highest BCUT2D eigenvalue weighted by molar-refractivity contribution is 6.43. The van der Waals surface area contributed by atoms with E-state index >= 15 is 0 Å². The molecular weight excluding hydrogens is 660 g/mol. The first kappa shape index (κ1) is 39.9. The Labute approximate surface area is 303 Å². The number of nitrogens with one attached hydrogen (secondary N) is 1. The first-order chi connectivity index (χ1) is 22.9. The summed E-state index contributed by atoms with van der Waals surface area (Å²) in [5.41, 5.74) is 4.68. The molecule has 1 atom stereocenters. The summed E-state index contributed by atoms with van der Waals surface area (Å²) in [6.07, 6.45) is 3.74. The van der Waals surface area contributed by atoms with Crippen LogP contribution in [0.5, 0.6) is 5.75 Å². The minimum Gasteiger partial charge on any atom is -0.494 e. The van der Waals surface area contributed by atoms with Crippen molar-refractivity contribution >= 4 is 43.5 Å². The van der Waals surface area contributed by atoms with Crippen molar-refractivity contribution in [3.05, 3.63) is 91.0 Å². The molecule has 0 saturated carbocycles. The molecule has 0 aliphatic carbocycles. The minimum absolute atomic E-state index is 0. The van der Waals surface area contributed by atoms with E-state index < -0.39 is 13.1 Å². The third-order valence-electron chi connectivity index (χ3n) is 8.59. The number of amides is 1. The summed E-state index contributed by atoms with van der Waals surface area (Å²) in [5.74, 6) is -0.0921. The van der Waals surface area contributed by atoms with Crippen molar-refractivity contribution in [1.29, 1.82) is 0 Å². The molecule has 1 saturated heterocycles. The van der Waals surface area contributed by atoms with Crippen LogP contribution >= 0.6 is 24.8 Å². The molecule has 0 bridgehead atoms. The average Bonchev–Trinajstić information content (AvgIpc) is 3.50. The number of para-hydroxylation sites is 1. The van der Waals surface area contributed by atoms with Gasteiger partial charge < -0.3 is 25.0 Å². The predicted octanol–water partition coefficient (Wildman–Crippen LogP) is 5.97. The fourth-order valence-corrected chi connectivity index (χ4v) is 6.09. The molecule has 1 unspecified atom stereocenters. The number of hydrogen-bond acceptors (Lipinski definition) is 7. The highest BCUT2D eigenvalue weighted by atomic mass is 35.5. The lowest BCUT2D eigenvalue weighted by Crippen LogP contribution is -2.48. The van der Waals surface area contributed by atoms with Gasteiger partial charge in [-0.1, -0.05) is 74.5 Å². The minimum atomic E-state index is -1.63. The Balaban J connectivity index is 0.00000325. The second kappa shape index (κ2) is 20.2. The van der Waals surface area contributed by atoms with Crippen molar-refractivity contribution < 1.29 is 19.6 Å². The molecule has 3 aromatic carbocycles. The third-order valence-corrected chi connectivity index (χ3v) is 8.59. The number of aromatic nitrogens is 2. The fourth-order valence-electron chi connectivity index (χ4n) is 6.09. The van der Waals surface area contributed by atoms with Gasteiger partial charge in [0.25, 0.3) is 0 Å². The molecule has 5 rings (SSSR count). The van der Waals surface area contributed by atoms with Gasteiger partial charge in [-0.2, -0.15) is 5.10 Å². The van der Waals surface area contributed by atoms with Crippen molar-refractivity contribution in [3.63, 3.8) is 0 Å². The van der Waals surface area contributed by atoms with E-state index in [0.717, 1.165) is 80.3 Å². The number of piperazine rings is 1. The largest absolute Gasteiger partial charge is 0.494 e. The van der Waals surface area contributed by atoms with Crippen LogP contribution in [0.1, 0.15) is 39.5 Å². The van der Waals surface area contributed by atoms with Crippen molar-refractivity contribution in [2.24, 2.45) is 5.92 Å². The fraction of sp³-hybridized carbons (Fsp3) is 0.405. The van der Waals surface area contributed by atoms with Gasteiger partial charge in [-0.3, -0.25) is 14.4 Å². The normalized spacial score (nSPS) is 13.7. The Bertz CT molecular complexity index is 1540. The van der Waals surface area contributed by atoms with Gasteiger partial charge in [0.2, 0.25) is 5.91 Å². The van der Waals surface area contributed by atoms with E-state index in [0.29, 0.717) is 13.0 Å². The molecule has 1 fully saturated rings. The van der Waals surface area contributed by atoms with Crippen molar-refractivity contribution in [2.75, 3.05) is 44.2 Å². The summed E-state index contributed by atoms with van der Waals surface area (Å²) in [5, 5.41) is 27.2. The number of carbonyl (C=O) groups is 1. The van der Waals surface area contributed by atoms with Crippen LogP contribution < -0.4 is 15.0 Å². The molecule has 1 amide bonds. The summed E-state index contributed by atoms with van der Waals surface area (Å²) in [6.45, 7) is 10.0. The molecule has 2 heterocycles. The zero-order valence-electron chi connectivity index (χ0n) is 28.5. The molecule has 1 aliphatic rings. The molecule has 0 radical (unpaired) electrons. The number of rotatable bonds is 16. The van der Waals surface area contributed by atoms with E-state index in [-0.39, 0.29) is 43.2 Å². The molecule has 1 aliphatic heterocycles. The van der Waals surface area contributed by atoms with E-state index in [4.69, 9.17) is 9.84 Å². The molecular formula is C37H50BCl2N5O4. The SMILES string of the molecule is CC(C)CC(NC(=O)Cn1nc(-c2cccc(OCCCCCN3CCN(c4ccccc4)CC3)c2)cc1-c1ccccc1)B(O)O.Cl.Cl. The average molecular weight is 711 g/mol. The monoisotopic (exact) mass is 709 g/mol. The first-order valence-electron chi connectivity index (χ1n) is 16.9. The molecule has 0 spiro atoms. The molecule has 9 nitrogen and oxygen atoms in total. The van der Waals surface area contributed by atoms with E-state index in [1.807, 2.05) is 74.5 Å². The van der Waals surface area contributed by atoms with E-state index in [1.165, 1.54) is 5.69 Å². The number of anilines is 1. The summed E-state index contributed by atoms with van der Waals surface area (Å²) >= 11 is 0. The zero-order chi connectivity index (χ0) is 33.0. The maximum Gasteiger partial charge on any atom is 0.475 e. The summed E-state index contributed by atoms with van der Waals surface area (Å²) in [6, 6.07) is 30.4. The highest BCUT2D eigenvalue weighted by Gasteiger charge is 2.26. The van der Waals surface area contributed by atoms with Gasteiger partial charge in [0.05, 0.1) is 23.9 Å². The van der Waals surface area contributed by atoms with Gasteiger partial charge in [0.1, 0.15) is 12.3 Å². The maximum atomic E-state index is 13.0. The lowest BCUT2D eigenvalue weighted by atomic mass is 9.75. The number of carbonyl (C=O) groups excluding carboxylic acids is 1. The summed E-state index contributed by atoms with van der Waals surface area (Å²) in [4.78, 5) is 18.1. The molecule has 1 aromatic heterocycles. The standard InChI is InChI=1S/C37H48BN5O4.2ClH/c1-29(2)25-36(38(45)46)39-37(44)28-43-35(30-13-6-3-7-14-30)27-34(40-43)31-15-12-18-33(26-31)47-24-11-5-10-19-41-20-22-42(23-21-41)32-16-8-4-9-17-32;;/h3-4,6-9,12-18,26-27,29,36,45-46H,5,10-11,19-25,28H2,1-2H3,(H,39,44);2*1H. The van der Waals surface area contributed by atoms with E-state index in [1.54, 1.807) is 4.68 Å². The Morgan fingerprint density at radius 3 is 2.20 bits per heavy atom. The number of ether oxygens (including phenoxy) is 1. The van der Waals surface area contributed by atoms with Crippen molar-refractivity contribution in [2.45, 2.75) is 52.0 Å². The Morgan fingerprint density at radius 1 is 0.857 bits per heavy atom. The van der Waals surface area contributed by atoms with Gasteiger partial charge in [-0.15, -0.1) is 24.8 Å². The number of nitrogens with zero attached hydrogens (tertiary/aromatic N) is 4. The Hall–Kier alpha value is -3.54. The predicted molar refractivity (Wildman–Crippen MR) is 204 cm³/mol. The summed E-state index contributed by atoms with van der Waals surface area (Å²) < 4.78 is 7.81. The number of hydrogen-bond donors (Lipinski definition) is 3. The van der Waals surface area contributed by atoms with Crippen LogP contribution in [0.4, 0.5) is 5.69 Å². The lowest BCUT2D eigenvalue weighted by molar-refractivity contribution is -0.122. The van der Waals surface area contributed by atoms with E-state index in [9.17, 15) is 14.8 Å². The topological polar surface area (TPSA) is 103 Å². The molecule has 4 aromatic rings. The Morgan fingerprint density at radius 2 is 1.53 bits per heavy atom. The number of halogens is 2. The van der Waals surface area contributed by atoms with Gasteiger partial charge in [0.15, 0.2) is 0 Å². The van der Waals surface area contributed by atoms with Crippen LogP contribution in [-0.2, 0) is 11.3 Å². The molecule has 264 valence electrons. The smallest absolute Gasteiger partial charge is 0.475 e. The van der Waals surface area contributed by atoms with Crippen LogP contribution in [0.15, 0.2) is 91.0 Å². The number of unbranched alkanes of at least 4 members (excludes halogenated alkanes) is 2. The molecule has 12 heteroatoms. The highest BCUT2D eigenvalue weighted by Crippen LogP contribution is 2.28. The number of benzene rings is 3. The quantitative estimate of drug-likeness (QED) is 0.0973. The van der Waals surface area contributed by atoms with Crippen molar-refractivity contribution in [1.82, 2.24) is 20.0 Å².